The largest absolute Gasteiger partial charge is 0.418 e. The Kier molecular flexibility index (Phi) is 3.68. The lowest BCUT2D eigenvalue weighted by Crippen LogP contribution is -2.47. The molecular formula is C15H17F3N4. The Morgan fingerprint density at radius 2 is 2.09 bits per heavy atom. The molecule has 1 saturated carbocycles. The summed E-state index contributed by atoms with van der Waals surface area (Å²) >= 11 is 0. The van der Waals surface area contributed by atoms with Crippen molar-refractivity contribution in [1.82, 2.24) is 20.5 Å². The van der Waals surface area contributed by atoms with E-state index >= 15 is 0 Å². The quantitative estimate of drug-likeness (QED) is 0.908. The summed E-state index contributed by atoms with van der Waals surface area (Å²) in [6, 6.07) is 2.52. The van der Waals surface area contributed by atoms with Gasteiger partial charge in [0.25, 0.3) is 0 Å². The van der Waals surface area contributed by atoms with Crippen LogP contribution in [0.5, 0.6) is 0 Å². The normalized spacial score (nSPS) is 17.3. The van der Waals surface area contributed by atoms with Crippen LogP contribution in [0.2, 0.25) is 0 Å². The van der Waals surface area contributed by atoms with Gasteiger partial charge in [0, 0.05) is 23.8 Å². The lowest BCUT2D eigenvalue weighted by Gasteiger charge is -2.39. The Bertz CT molecular complexity index is 645. The maximum Gasteiger partial charge on any atom is 0.418 e. The van der Waals surface area contributed by atoms with E-state index in [9.17, 15) is 13.2 Å². The molecular weight excluding hydrogens is 293 g/mol. The Morgan fingerprint density at radius 3 is 2.64 bits per heavy atom. The van der Waals surface area contributed by atoms with Crippen LogP contribution in [-0.2, 0) is 12.7 Å². The molecule has 0 radical (unpaired) electrons. The van der Waals surface area contributed by atoms with Crippen LogP contribution in [0.25, 0.3) is 11.3 Å². The van der Waals surface area contributed by atoms with Gasteiger partial charge in [0.05, 0.1) is 23.1 Å². The van der Waals surface area contributed by atoms with E-state index < -0.39 is 11.7 Å². The van der Waals surface area contributed by atoms with E-state index in [0.29, 0.717) is 17.8 Å². The third-order valence-corrected chi connectivity index (χ3v) is 4.18. The maximum atomic E-state index is 13.1. The second kappa shape index (κ2) is 5.39. The van der Waals surface area contributed by atoms with E-state index in [4.69, 9.17) is 0 Å². The van der Waals surface area contributed by atoms with Crippen molar-refractivity contribution in [2.24, 2.45) is 0 Å². The van der Waals surface area contributed by atoms with Gasteiger partial charge in [-0.25, -0.2) is 0 Å². The first kappa shape index (κ1) is 15.0. The van der Waals surface area contributed by atoms with Crippen molar-refractivity contribution in [1.29, 1.82) is 0 Å². The van der Waals surface area contributed by atoms with Gasteiger partial charge < -0.3 is 5.32 Å². The fraction of sp³-hybridized carbons (Fsp3) is 0.467. The van der Waals surface area contributed by atoms with Crippen molar-refractivity contribution in [2.75, 3.05) is 0 Å². The number of nitrogens with one attached hydrogen (secondary N) is 2. The minimum atomic E-state index is -4.44. The number of H-pyrrole nitrogens is 1. The summed E-state index contributed by atoms with van der Waals surface area (Å²) in [5, 5.41) is 9.61. The number of nitrogens with zero attached hydrogens (tertiary/aromatic N) is 2. The van der Waals surface area contributed by atoms with Gasteiger partial charge in [-0.3, -0.25) is 10.1 Å². The molecule has 1 aliphatic rings. The number of rotatable bonds is 4. The first-order valence-corrected chi connectivity index (χ1v) is 7.19. The van der Waals surface area contributed by atoms with Gasteiger partial charge in [0.1, 0.15) is 0 Å². The Morgan fingerprint density at radius 1 is 1.32 bits per heavy atom. The third-order valence-electron chi connectivity index (χ3n) is 4.18. The smallest absolute Gasteiger partial charge is 0.306 e. The monoisotopic (exact) mass is 310 g/mol. The molecule has 0 atom stereocenters. The molecule has 0 aliphatic heterocycles. The number of hydrogen-bond acceptors (Lipinski definition) is 3. The predicted octanol–water partition coefficient (Wildman–Crippen LogP) is 3.52. The van der Waals surface area contributed by atoms with Crippen molar-refractivity contribution in [3.8, 4) is 11.3 Å². The summed E-state index contributed by atoms with van der Waals surface area (Å²) < 4.78 is 39.4. The molecule has 1 aliphatic carbocycles. The standard InChI is InChI=1S/C15H17F3N4/c1-14(5-2-6-14)19-9-11-3-4-12(15(16,17)18)13(22-11)10-7-20-21-8-10/h3-4,7-8,19H,2,5-6,9H2,1H3,(H,20,21). The van der Waals surface area contributed by atoms with Gasteiger partial charge in [0.2, 0.25) is 0 Å². The molecule has 0 amide bonds. The molecule has 7 heteroatoms. The molecule has 0 spiro atoms. The van der Waals surface area contributed by atoms with Crippen LogP contribution in [0.4, 0.5) is 13.2 Å². The van der Waals surface area contributed by atoms with Gasteiger partial charge in [0.15, 0.2) is 0 Å². The number of aromatic amines is 1. The zero-order chi connectivity index (χ0) is 15.8. The Balaban J connectivity index is 1.89. The summed E-state index contributed by atoms with van der Waals surface area (Å²) in [5.41, 5.74) is 0.188. The minimum Gasteiger partial charge on any atom is -0.306 e. The number of aromatic nitrogens is 3. The van der Waals surface area contributed by atoms with E-state index in [1.165, 1.54) is 24.9 Å². The van der Waals surface area contributed by atoms with Crippen LogP contribution >= 0.6 is 0 Å². The van der Waals surface area contributed by atoms with Crippen molar-refractivity contribution in [3.05, 3.63) is 35.8 Å². The average molecular weight is 310 g/mol. The second-order valence-electron chi connectivity index (χ2n) is 5.95. The Hall–Kier alpha value is -1.89. The zero-order valence-corrected chi connectivity index (χ0v) is 12.2. The molecule has 2 heterocycles. The van der Waals surface area contributed by atoms with Crippen LogP contribution in [0.1, 0.15) is 37.4 Å². The number of halogens is 3. The number of pyridine rings is 1. The molecule has 118 valence electrons. The van der Waals surface area contributed by atoms with E-state index in [2.05, 4.69) is 27.4 Å². The van der Waals surface area contributed by atoms with Crippen LogP contribution < -0.4 is 5.32 Å². The fourth-order valence-electron chi connectivity index (χ4n) is 2.62. The van der Waals surface area contributed by atoms with Gasteiger partial charge >= 0.3 is 6.18 Å². The molecule has 2 aromatic heterocycles. The van der Waals surface area contributed by atoms with E-state index in [-0.39, 0.29) is 11.2 Å². The molecule has 2 N–H and O–H groups in total. The van der Waals surface area contributed by atoms with Crippen molar-refractivity contribution in [3.63, 3.8) is 0 Å². The van der Waals surface area contributed by atoms with Crippen molar-refractivity contribution in [2.45, 2.75) is 44.4 Å². The highest BCUT2D eigenvalue weighted by molar-refractivity contribution is 5.62. The summed E-state index contributed by atoms with van der Waals surface area (Å²) in [4.78, 5) is 4.20. The number of hydrogen-bond donors (Lipinski definition) is 2. The average Bonchev–Trinajstić information content (AvgIpc) is 2.95. The lowest BCUT2D eigenvalue weighted by molar-refractivity contribution is -0.137. The molecule has 0 aromatic carbocycles. The SMILES string of the molecule is CC1(NCc2ccc(C(F)(F)F)c(-c3cn[nH]c3)n2)CCC1. The van der Waals surface area contributed by atoms with Crippen LogP contribution in [0.15, 0.2) is 24.5 Å². The third kappa shape index (κ3) is 2.99. The van der Waals surface area contributed by atoms with Gasteiger partial charge in [-0.05, 0) is 38.3 Å². The maximum absolute atomic E-state index is 13.1. The fourth-order valence-corrected chi connectivity index (χ4v) is 2.62. The lowest BCUT2D eigenvalue weighted by atomic mass is 9.78. The molecule has 0 unspecified atom stereocenters. The summed E-state index contributed by atoms with van der Waals surface area (Å²) in [7, 11) is 0. The zero-order valence-electron chi connectivity index (χ0n) is 12.2. The summed E-state index contributed by atoms with van der Waals surface area (Å²) in [6.07, 6.45) is 1.68. The van der Waals surface area contributed by atoms with Crippen LogP contribution in [0, 0.1) is 0 Å². The molecule has 2 aromatic rings. The predicted molar refractivity (Wildman–Crippen MR) is 75.9 cm³/mol. The number of alkyl halides is 3. The summed E-state index contributed by atoms with van der Waals surface area (Å²) in [6.45, 7) is 2.58. The second-order valence-corrected chi connectivity index (χ2v) is 5.95. The molecule has 0 saturated heterocycles. The first-order chi connectivity index (χ1) is 10.4. The van der Waals surface area contributed by atoms with Gasteiger partial charge in [-0.1, -0.05) is 0 Å². The molecule has 22 heavy (non-hydrogen) atoms. The highest BCUT2D eigenvalue weighted by Gasteiger charge is 2.35. The topological polar surface area (TPSA) is 53.6 Å². The molecule has 1 fully saturated rings. The molecule has 3 rings (SSSR count). The van der Waals surface area contributed by atoms with E-state index in [1.807, 2.05) is 0 Å². The Labute approximate surface area is 126 Å². The minimum absolute atomic E-state index is 0.0835. The molecule has 0 bridgehead atoms. The van der Waals surface area contributed by atoms with E-state index in [1.54, 1.807) is 0 Å². The first-order valence-electron chi connectivity index (χ1n) is 7.19. The highest BCUT2D eigenvalue weighted by atomic mass is 19.4. The van der Waals surface area contributed by atoms with E-state index in [0.717, 1.165) is 18.9 Å². The molecule has 4 nitrogen and oxygen atoms in total. The van der Waals surface area contributed by atoms with Gasteiger partial charge in [-0.2, -0.15) is 18.3 Å². The van der Waals surface area contributed by atoms with Crippen LogP contribution in [0.3, 0.4) is 0 Å². The van der Waals surface area contributed by atoms with Gasteiger partial charge in [-0.15, -0.1) is 0 Å². The summed E-state index contributed by atoms with van der Waals surface area (Å²) in [5.74, 6) is 0. The van der Waals surface area contributed by atoms with Crippen molar-refractivity contribution < 1.29 is 13.2 Å². The van der Waals surface area contributed by atoms with Crippen molar-refractivity contribution >= 4 is 0 Å². The highest BCUT2D eigenvalue weighted by Crippen LogP contribution is 2.36. The van der Waals surface area contributed by atoms with Crippen LogP contribution in [-0.4, -0.2) is 20.7 Å².